The van der Waals surface area contributed by atoms with Crippen LogP contribution in [0.15, 0.2) is 96.7 Å². The quantitative estimate of drug-likeness (QED) is 0.298. The maximum Gasteiger partial charge on any atom is 0.271 e. The molecule has 1 N–H and O–H groups in total. The molecule has 0 saturated heterocycles. The fraction of sp³-hybridized carbons (Fsp3) is 0.138. The first-order valence-corrected chi connectivity index (χ1v) is 14.3. The summed E-state index contributed by atoms with van der Waals surface area (Å²) in [6.45, 7) is 1.79. The molecule has 0 bridgehead atoms. The first-order chi connectivity index (χ1) is 18.8. The van der Waals surface area contributed by atoms with Gasteiger partial charge in [-0.25, -0.2) is 4.99 Å². The first-order valence-electron chi connectivity index (χ1n) is 11.9. The Morgan fingerprint density at radius 3 is 2.54 bits per heavy atom. The summed E-state index contributed by atoms with van der Waals surface area (Å²) in [5.41, 5.74) is 2.76. The number of para-hydroxylation sites is 1. The van der Waals surface area contributed by atoms with Crippen molar-refractivity contribution in [2.24, 2.45) is 4.99 Å². The molecule has 5 rings (SSSR count). The highest BCUT2D eigenvalue weighted by molar-refractivity contribution is 9.11. The number of halogens is 2. The summed E-state index contributed by atoms with van der Waals surface area (Å²) >= 11 is 8.30. The molecule has 39 heavy (non-hydrogen) atoms. The Kier molecular flexibility index (Phi) is 7.88. The summed E-state index contributed by atoms with van der Waals surface area (Å²) in [6, 6.07) is 19.6. The smallest absolute Gasteiger partial charge is 0.271 e. The van der Waals surface area contributed by atoms with Crippen molar-refractivity contribution < 1.29 is 14.3 Å². The molecule has 1 atom stereocenters. The van der Waals surface area contributed by atoms with E-state index in [0.717, 1.165) is 20.1 Å². The molecule has 198 valence electrons. The summed E-state index contributed by atoms with van der Waals surface area (Å²) in [7, 11) is 3.16. The van der Waals surface area contributed by atoms with Crippen LogP contribution in [0.25, 0.3) is 6.08 Å². The van der Waals surface area contributed by atoms with Crippen molar-refractivity contribution in [1.29, 1.82) is 0 Å². The van der Waals surface area contributed by atoms with Crippen LogP contribution in [0.5, 0.6) is 11.5 Å². The number of allylic oxidation sites excluding steroid dienone is 1. The monoisotopic (exact) mass is 667 g/mol. The molecule has 0 radical (unpaired) electrons. The second-order valence-corrected chi connectivity index (χ2v) is 11.5. The van der Waals surface area contributed by atoms with Crippen molar-refractivity contribution in [3.8, 4) is 11.5 Å². The minimum atomic E-state index is -0.710. The van der Waals surface area contributed by atoms with E-state index >= 15 is 0 Å². The average molecular weight is 669 g/mol. The topological polar surface area (TPSA) is 81.9 Å². The van der Waals surface area contributed by atoms with Gasteiger partial charge in [0.25, 0.3) is 11.5 Å². The van der Waals surface area contributed by atoms with Gasteiger partial charge < -0.3 is 14.8 Å². The number of methoxy groups -OCH3 is 2. The predicted octanol–water partition coefficient (Wildman–Crippen LogP) is 5.42. The van der Waals surface area contributed by atoms with Crippen molar-refractivity contribution in [1.82, 2.24) is 4.57 Å². The van der Waals surface area contributed by atoms with Crippen LogP contribution in [0.4, 0.5) is 5.69 Å². The van der Waals surface area contributed by atoms with Crippen LogP contribution in [0.1, 0.15) is 24.1 Å². The average Bonchev–Trinajstić information content (AvgIpc) is 3.22. The van der Waals surface area contributed by atoms with E-state index in [-0.39, 0.29) is 11.5 Å². The molecule has 0 fully saturated rings. The SMILES string of the molecule is COc1cccc([C@@H]2C(C(=O)Nc3ccccc3)=C(C)N=c3s/c(=C\c4cc(Br)cc(Br)c4OC)c(=O)n32)c1. The Morgan fingerprint density at radius 1 is 1.05 bits per heavy atom. The lowest BCUT2D eigenvalue weighted by molar-refractivity contribution is -0.113. The summed E-state index contributed by atoms with van der Waals surface area (Å²) in [4.78, 5) is 32.9. The summed E-state index contributed by atoms with van der Waals surface area (Å²) in [6.07, 6.45) is 1.78. The molecule has 4 aromatic rings. The summed E-state index contributed by atoms with van der Waals surface area (Å²) in [5.74, 6) is 0.894. The highest BCUT2D eigenvalue weighted by Crippen LogP contribution is 2.34. The third kappa shape index (κ3) is 5.36. The van der Waals surface area contributed by atoms with Crippen LogP contribution in [-0.2, 0) is 4.79 Å². The van der Waals surface area contributed by atoms with Crippen LogP contribution in [0.3, 0.4) is 0 Å². The van der Waals surface area contributed by atoms with Gasteiger partial charge in [0.05, 0.1) is 40.5 Å². The van der Waals surface area contributed by atoms with Gasteiger partial charge in [-0.1, -0.05) is 57.6 Å². The third-order valence-corrected chi connectivity index (χ3v) is 8.27. The molecule has 2 heterocycles. The normalized spacial score (nSPS) is 15.0. The van der Waals surface area contributed by atoms with Gasteiger partial charge in [-0.05, 0) is 70.9 Å². The standard InChI is InChI=1S/C29H23Br2N3O4S/c1-16-24(27(35)33-20-9-5-4-6-10-20)25(17-8-7-11-21(13-17)37-2)34-28(36)23(39-29(34)32-16)14-18-12-19(30)15-22(31)26(18)38-3/h4-15,25H,1-3H3,(H,33,35)/b23-14-/t25-/m1/s1. The number of hydrogen-bond donors (Lipinski definition) is 1. The van der Waals surface area contributed by atoms with E-state index in [1.807, 2.05) is 66.7 Å². The second-order valence-electron chi connectivity index (χ2n) is 8.69. The van der Waals surface area contributed by atoms with Crippen LogP contribution >= 0.6 is 43.2 Å². The van der Waals surface area contributed by atoms with Gasteiger partial charge >= 0.3 is 0 Å². The van der Waals surface area contributed by atoms with E-state index in [1.165, 1.54) is 11.3 Å². The lowest BCUT2D eigenvalue weighted by Crippen LogP contribution is -2.40. The van der Waals surface area contributed by atoms with Gasteiger partial charge in [0.2, 0.25) is 0 Å². The first kappa shape index (κ1) is 27.1. The zero-order valence-corrected chi connectivity index (χ0v) is 25.2. The van der Waals surface area contributed by atoms with Crippen LogP contribution in [0.2, 0.25) is 0 Å². The van der Waals surface area contributed by atoms with Crippen molar-refractivity contribution in [3.05, 3.63) is 118 Å². The summed E-state index contributed by atoms with van der Waals surface area (Å²) < 4.78 is 14.7. The zero-order chi connectivity index (χ0) is 27.7. The number of hydrogen-bond acceptors (Lipinski definition) is 6. The van der Waals surface area contributed by atoms with Crippen LogP contribution in [0, 0.1) is 0 Å². The van der Waals surface area contributed by atoms with Gasteiger partial charge in [-0.15, -0.1) is 0 Å². The number of anilines is 1. The maximum atomic E-state index is 14.0. The molecule has 0 unspecified atom stereocenters. The van der Waals surface area contributed by atoms with Crippen molar-refractivity contribution in [2.45, 2.75) is 13.0 Å². The number of nitrogens with one attached hydrogen (secondary N) is 1. The van der Waals surface area contributed by atoms with Crippen LogP contribution in [-0.4, -0.2) is 24.7 Å². The van der Waals surface area contributed by atoms with E-state index in [9.17, 15) is 9.59 Å². The number of nitrogens with zero attached hydrogens (tertiary/aromatic N) is 2. The van der Waals surface area contributed by atoms with E-state index in [2.05, 4.69) is 37.2 Å². The van der Waals surface area contributed by atoms with E-state index in [0.29, 0.717) is 37.8 Å². The Labute approximate surface area is 245 Å². The number of rotatable bonds is 6. The molecule has 3 aromatic carbocycles. The molecular weight excluding hydrogens is 646 g/mol. The minimum Gasteiger partial charge on any atom is -0.497 e. The molecule has 1 amide bonds. The zero-order valence-electron chi connectivity index (χ0n) is 21.2. The molecule has 0 aliphatic carbocycles. The molecule has 1 aliphatic rings. The highest BCUT2D eigenvalue weighted by Gasteiger charge is 2.32. The van der Waals surface area contributed by atoms with E-state index in [4.69, 9.17) is 14.5 Å². The molecule has 7 nitrogen and oxygen atoms in total. The lowest BCUT2D eigenvalue weighted by Gasteiger charge is -2.25. The van der Waals surface area contributed by atoms with Crippen molar-refractivity contribution >= 4 is 60.9 Å². The Bertz CT molecular complexity index is 1800. The Morgan fingerprint density at radius 2 is 1.82 bits per heavy atom. The van der Waals surface area contributed by atoms with Gasteiger partial charge in [-0.2, -0.15) is 0 Å². The van der Waals surface area contributed by atoms with Crippen LogP contribution < -0.4 is 29.7 Å². The summed E-state index contributed by atoms with van der Waals surface area (Å²) in [5, 5.41) is 2.96. The molecule has 0 spiro atoms. The number of carbonyl (C=O) groups excluding carboxylic acids is 1. The molecule has 0 saturated carbocycles. The number of fused-ring (bicyclic) bond motifs is 1. The molecular formula is C29H23Br2N3O4S. The van der Waals surface area contributed by atoms with Gasteiger partial charge in [0.1, 0.15) is 11.5 Å². The van der Waals surface area contributed by atoms with Gasteiger partial charge in [-0.3, -0.25) is 14.2 Å². The lowest BCUT2D eigenvalue weighted by atomic mass is 9.95. The Balaban J connectivity index is 1.72. The number of benzene rings is 3. The fourth-order valence-electron chi connectivity index (χ4n) is 4.50. The molecule has 10 heteroatoms. The van der Waals surface area contributed by atoms with E-state index < -0.39 is 6.04 Å². The maximum absolute atomic E-state index is 14.0. The molecule has 1 aromatic heterocycles. The molecule has 1 aliphatic heterocycles. The number of ether oxygens (including phenoxy) is 2. The van der Waals surface area contributed by atoms with Crippen molar-refractivity contribution in [3.63, 3.8) is 0 Å². The minimum absolute atomic E-state index is 0.262. The fourth-order valence-corrected chi connectivity index (χ4v) is 6.96. The third-order valence-electron chi connectivity index (χ3n) is 6.24. The number of thiazole rings is 1. The number of carbonyl (C=O) groups is 1. The Hall–Kier alpha value is -3.47. The van der Waals surface area contributed by atoms with E-state index in [1.54, 1.807) is 31.8 Å². The predicted molar refractivity (Wildman–Crippen MR) is 160 cm³/mol. The highest BCUT2D eigenvalue weighted by atomic mass is 79.9. The van der Waals surface area contributed by atoms with Crippen molar-refractivity contribution in [2.75, 3.05) is 19.5 Å². The number of aromatic nitrogens is 1. The largest absolute Gasteiger partial charge is 0.497 e. The number of amides is 1. The van der Waals surface area contributed by atoms with Gasteiger partial charge in [0, 0.05) is 15.7 Å². The second kappa shape index (κ2) is 11.3. The van der Waals surface area contributed by atoms with Gasteiger partial charge in [0.15, 0.2) is 4.80 Å².